The van der Waals surface area contributed by atoms with Gasteiger partial charge in [0.15, 0.2) is 0 Å². The molecule has 1 heterocycles. The van der Waals surface area contributed by atoms with Crippen LogP contribution < -0.4 is 15.2 Å². The molecule has 226 valence electrons. The van der Waals surface area contributed by atoms with Crippen molar-refractivity contribution in [2.24, 2.45) is 5.73 Å². The van der Waals surface area contributed by atoms with Gasteiger partial charge in [0.05, 0.1) is 0 Å². The van der Waals surface area contributed by atoms with Crippen LogP contribution >= 0.6 is 0 Å². The molecule has 0 fully saturated rings. The molecule has 0 spiro atoms. The predicted molar refractivity (Wildman–Crippen MR) is 174 cm³/mol. The summed E-state index contributed by atoms with van der Waals surface area (Å²) in [6.45, 7) is 6.52. The van der Waals surface area contributed by atoms with Crippen molar-refractivity contribution in [2.75, 3.05) is 6.54 Å². The fourth-order valence-electron chi connectivity index (χ4n) is 5.32. The van der Waals surface area contributed by atoms with E-state index in [1.807, 2.05) is 54.7 Å². The van der Waals surface area contributed by atoms with Crippen LogP contribution in [0.5, 0.6) is 11.5 Å². The van der Waals surface area contributed by atoms with Gasteiger partial charge in [-0.3, -0.25) is 14.7 Å². The van der Waals surface area contributed by atoms with Gasteiger partial charge in [-0.2, -0.15) is 0 Å². The molecule has 1 atom stereocenters. The highest BCUT2D eigenvalue weighted by Gasteiger charge is 2.19. The summed E-state index contributed by atoms with van der Waals surface area (Å²) in [6, 6.07) is 29.6. The second-order valence-corrected chi connectivity index (χ2v) is 11.2. The van der Waals surface area contributed by atoms with Crippen LogP contribution in [0, 0.1) is 13.8 Å². The summed E-state index contributed by atoms with van der Waals surface area (Å²) < 4.78 is 12.7. The molecule has 1 aromatic heterocycles. The Balaban J connectivity index is 1.43. The van der Waals surface area contributed by atoms with Crippen molar-refractivity contribution in [3.8, 4) is 11.5 Å². The van der Waals surface area contributed by atoms with Crippen molar-refractivity contribution in [1.82, 2.24) is 9.88 Å². The number of benzene rings is 4. The molecular weight excluding hydrogens is 550 g/mol. The topological polar surface area (TPSA) is 97.9 Å². The van der Waals surface area contributed by atoms with Gasteiger partial charge in [-0.05, 0) is 55.0 Å². The van der Waals surface area contributed by atoms with E-state index in [0.717, 1.165) is 44.5 Å². The predicted octanol–water partition coefficient (Wildman–Crippen LogP) is 6.81. The van der Waals surface area contributed by atoms with Crippen molar-refractivity contribution >= 4 is 16.7 Å². The molecule has 7 heteroatoms. The molecule has 0 bridgehead atoms. The highest BCUT2D eigenvalue weighted by atomic mass is 16.5. The highest BCUT2D eigenvalue weighted by Crippen LogP contribution is 2.31. The van der Waals surface area contributed by atoms with Gasteiger partial charge in [-0.1, -0.05) is 83.9 Å². The Morgan fingerprint density at radius 2 is 1.52 bits per heavy atom. The van der Waals surface area contributed by atoms with Crippen molar-refractivity contribution in [1.29, 1.82) is 0 Å². The minimum absolute atomic E-state index is 0.296. The Bertz CT molecular complexity index is 1720. The fourth-order valence-corrected chi connectivity index (χ4v) is 5.32. The van der Waals surface area contributed by atoms with Crippen LogP contribution in [0.1, 0.15) is 39.8 Å². The number of carbonyl (C=O) groups is 1. The largest absolute Gasteiger partial charge is 0.489 e. The van der Waals surface area contributed by atoms with Gasteiger partial charge in [0.1, 0.15) is 30.8 Å². The van der Waals surface area contributed by atoms with Crippen LogP contribution in [0.4, 0.5) is 0 Å². The summed E-state index contributed by atoms with van der Waals surface area (Å²) in [7, 11) is 0. The Hall–Kier alpha value is -4.72. The Morgan fingerprint density at radius 1 is 0.841 bits per heavy atom. The van der Waals surface area contributed by atoms with Crippen LogP contribution in [0.25, 0.3) is 10.8 Å². The molecule has 7 nitrogen and oxygen atoms in total. The summed E-state index contributed by atoms with van der Waals surface area (Å²) in [6.07, 6.45) is 3.94. The number of aromatic nitrogens is 1. The Morgan fingerprint density at radius 3 is 2.20 bits per heavy atom. The first kappa shape index (κ1) is 30.7. The second-order valence-electron chi connectivity index (χ2n) is 11.2. The fraction of sp³-hybridized carbons (Fsp3) is 0.243. The van der Waals surface area contributed by atoms with E-state index in [9.17, 15) is 9.90 Å². The zero-order chi connectivity index (χ0) is 30.9. The maximum absolute atomic E-state index is 11.6. The number of pyridine rings is 1. The average molecular weight is 590 g/mol. The maximum atomic E-state index is 11.6. The number of rotatable bonds is 14. The molecule has 5 aromatic rings. The van der Waals surface area contributed by atoms with Crippen LogP contribution in [0.3, 0.4) is 0 Å². The maximum Gasteiger partial charge on any atom is 0.320 e. The summed E-state index contributed by atoms with van der Waals surface area (Å²) in [5, 5.41) is 11.6. The van der Waals surface area contributed by atoms with Gasteiger partial charge in [0, 0.05) is 48.5 Å². The first-order chi connectivity index (χ1) is 21.4. The number of carboxylic acids is 1. The minimum atomic E-state index is -1.01. The van der Waals surface area contributed by atoms with Gasteiger partial charge >= 0.3 is 5.97 Å². The molecule has 0 unspecified atom stereocenters. The molecule has 44 heavy (non-hydrogen) atoms. The molecule has 0 aliphatic rings. The van der Waals surface area contributed by atoms with Gasteiger partial charge in [-0.25, -0.2) is 0 Å². The number of hydrogen-bond acceptors (Lipinski definition) is 6. The van der Waals surface area contributed by atoms with E-state index in [-0.39, 0.29) is 0 Å². The summed E-state index contributed by atoms with van der Waals surface area (Å²) >= 11 is 0. The lowest BCUT2D eigenvalue weighted by molar-refractivity contribution is -0.138. The second kappa shape index (κ2) is 14.6. The van der Waals surface area contributed by atoms with E-state index in [1.165, 1.54) is 11.1 Å². The van der Waals surface area contributed by atoms with Crippen molar-refractivity contribution in [2.45, 2.75) is 52.6 Å². The lowest BCUT2D eigenvalue weighted by atomic mass is 10.0. The number of aryl methyl sites for hydroxylation is 2. The third-order valence-corrected chi connectivity index (χ3v) is 7.67. The summed E-state index contributed by atoms with van der Waals surface area (Å²) in [5.74, 6) is 0.545. The normalized spacial score (nSPS) is 11.9. The van der Waals surface area contributed by atoms with E-state index < -0.39 is 12.0 Å². The van der Waals surface area contributed by atoms with E-state index in [4.69, 9.17) is 15.2 Å². The molecule has 0 aliphatic carbocycles. The number of fused-ring (bicyclic) bond motifs is 1. The average Bonchev–Trinajstić information content (AvgIpc) is 3.02. The van der Waals surface area contributed by atoms with Crippen molar-refractivity contribution in [3.63, 3.8) is 0 Å². The number of hydrogen-bond donors (Lipinski definition) is 2. The molecule has 5 rings (SSSR count). The quantitative estimate of drug-likeness (QED) is 0.147. The SMILES string of the molecule is Cc1cccc(COc2ccccc2CN(CC[C@H](N)C(=O)O)Cc2c(OCc3cccc(C)c3)ccc3ccncc23)c1. The van der Waals surface area contributed by atoms with E-state index in [0.29, 0.717) is 39.3 Å². The van der Waals surface area contributed by atoms with Gasteiger partial charge < -0.3 is 20.3 Å². The number of para-hydroxylation sites is 1. The summed E-state index contributed by atoms with van der Waals surface area (Å²) in [5.41, 5.74) is 12.5. The minimum Gasteiger partial charge on any atom is -0.489 e. The molecule has 0 amide bonds. The molecular formula is C37H39N3O4. The third-order valence-electron chi connectivity index (χ3n) is 7.67. The van der Waals surface area contributed by atoms with Crippen LogP contribution in [-0.4, -0.2) is 33.5 Å². The van der Waals surface area contributed by atoms with Crippen LogP contribution in [-0.2, 0) is 31.1 Å². The van der Waals surface area contributed by atoms with E-state index >= 15 is 0 Å². The number of nitrogens with two attached hydrogens (primary N) is 1. The molecule has 0 saturated heterocycles. The number of ether oxygens (including phenoxy) is 2. The molecule has 4 aromatic carbocycles. The van der Waals surface area contributed by atoms with Crippen LogP contribution in [0.15, 0.2) is 103 Å². The molecule has 0 saturated carbocycles. The monoisotopic (exact) mass is 589 g/mol. The van der Waals surface area contributed by atoms with Crippen molar-refractivity contribution in [3.05, 3.63) is 137 Å². The van der Waals surface area contributed by atoms with E-state index in [2.05, 4.69) is 66.2 Å². The molecule has 3 N–H and O–H groups in total. The lowest BCUT2D eigenvalue weighted by Crippen LogP contribution is -2.35. The van der Waals surface area contributed by atoms with Gasteiger partial charge in [0.2, 0.25) is 0 Å². The zero-order valence-corrected chi connectivity index (χ0v) is 25.3. The number of carboxylic acid groups (broad SMARTS) is 1. The van der Waals surface area contributed by atoms with Gasteiger partial charge in [0.25, 0.3) is 0 Å². The van der Waals surface area contributed by atoms with Gasteiger partial charge in [-0.15, -0.1) is 0 Å². The van der Waals surface area contributed by atoms with E-state index in [1.54, 1.807) is 6.20 Å². The number of nitrogens with zero attached hydrogens (tertiary/aromatic N) is 2. The van der Waals surface area contributed by atoms with Crippen molar-refractivity contribution < 1.29 is 19.4 Å². The Labute approximate surface area is 258 Å². The summed E-state index contributed by atoms with van der Waals surface area (Å²) in [4.78, 5) is 18.2. The Kier molecular flexibility index (Phi) is 10.2. The third kappa shape index (κ3) is 8.22. The molecule has 0 radical (unpaired) electrons. The van der Waals surface area contributed by atoms with Crippen LogP contribution in [0.2, 0.25) is 0 Å². The standard InChI is InChI=1S/C37H39N3O4/c1-26-7-5-9-28(19-26)24-43-35-12-4-3-11-31(35)22-40(18-16-34(38)37(41)42)23-33-32-21-39-17-15-30(32)13-14-36(33)44-25-29-10-6-8-27(2)20-29/h3-15,17,19-21,34H,16,18,22-25,38H2,1-2H3,(H,41,42)/t34-/m0/s1. The first-order valence-electron chi connectivity index (χ1n) is 14.9. The number of aliphatic carboxylic acids is 1. The molecule has 0 aliphatic heterocycles. The zero-order valence-electron chi connectivity index (χ0n) is 25.3. The first-order valence-corrected chi connectivity index (χ1v) is 14.9. The highest BCUT2D eigenvalue weighted by molar-refractivity contribution is 5.87. The smallest absolute Gasteiger partial charge is 0.320 e. The lowest BCUT2D eigenvalue weighted by Gasteiger charge is -2.26.